The van der Waals surface area contributed by atoms with Crippen molar-refractivity contribution in [1.82, 2.24) is 4.90 Å². The van der Waals surface area contributed by atoms with E-state index in [1.54, 1.807) is 0 Å². The van der Waals surface area contributed by atoms with Gasteiger partial charge in [-0.1, -0.05) is 0 Å². The van der Waals surface area contributed by atoms with Crippen LogP contribution in [-0.2, 0) is 19.1 Å². The predicted octanol–water partition coefficient (Wildman–Crippen LogP) is 1.18. The molecule has 0 spiro atoms. The first-order valence-electron chi connectivity index (χ1n) is 3.34. The lowest BCUT2D eigenvalue weighted by Crippen LogP contribution is -2.15. The second-order valence-electron chi connectivity index (χ2n) is 1.96. The first-order chi connectivity index (χ1) is 5.81. The highest BCUT2D eigenvalue weighted by molar-refractivity contribution is 7.33. The standard InChI is InChI=1S/C5H15NO4P2/c1-6(4-11-9-7-2)5-12-10-8-3/h11-12H,4-5H2,1-3H3. The fourth-order valence-electron chi connectivity index (χ4n) is 0.447. The molecule has 74 valence electrons. The van der Waals surface area contributed by atoms with E-state index in [1.807, 2.05) is 7.05 Å². The fourth-order valence-corrected chi connectivity index (χ4v) is 1.68. The third kappa shape index (κ3) is 8.75. The van der Waals surface area contributed by atoms with Gasteiger partial charge in [-0.3, -0.25) is 4.90 Å². The van der Waals surface area contributed by atoms with Crippen LogP contribution in [0.1, 0.15) is 0 Å². The molecule has 0 radical (unpaired) electrons. The second kappa shape index (κ2) is 9.75. The highest BCUT2D eigenvalue weighted by Gasteiger charge is 1.98. The molecular formula is C5H15NO4P2. The molecule has 5 nitrogen and oxygen atoms in total. The van der Waals surface area contributed by atoms with E-state index in [4.69, 9.17) is 9.35 Å². The smallest absolute Gasteiger partial charge is 0.0716 e. The maximum atomic E-state index is 4.73. The van der Waals surface area contributed by atoms with Crippen molar-refractivity contribution >= 4 is 17.6 Å². The van der Waals surface area contributed by atoms with Crippen LogP contribution in [0.25, 0.3) is 0 Å². The first-order valence-corrected chi connectivity index (χ1v) is 5.58. The van der Waals surface area contributed by atoms with Crippen molar-refractivity contribution in [2.45, 2.75) is 0 Å². The molecular weight excluding hydrogens is 200 g/mol. The molecule has 0 aromatic rings. The molecule has 0 aromatic carbocycles. The summed E-state index contributed by atoms with van der Waals surface area (Å²) in [4.78, 5) is 11.0. The van der Waals surface area contributed by atoms with Crippen LogP contribution < -0.4 is 0 Å². The van der Waals surface area contributed by atoms with E-state index in [2.05, 4.69) is 14.7 Å². The molecule has 0 fully saturated rings. The molecule has 0 rings (SSSR count). The van der Waals surface area contributed by atoms with Gasteiger partial charge in [-0.05, 0) is 7.05 Å². The van der Waals surface area contributed by atoms with Crippen LogP contribution >= 0.6 is 17.6 Å². The van der Waals surface area contributed by atoms with Crippen molar-refractivity contribution in [3.05, 3.63) is 0 Å². The Morgan fingerprint density at radius 1 is 1.00 bits per heavy atom. The molecule has 2 unspecified atom stereocenters. The number of rotatable bonds is 8. The summed E-state index contributed by atoms with van der Waals surface area (Å²) in [5, 5.41) is 0. The Morgan fingerprint density at radius 2 is 1.42 bits per heavy atom. The fraction of sp³-hybridized carbons (Fsp3) is 1.00. The lowest BCUT2D eigenvalue weighted by Gasteiger charge is -2.13. The SMILES string of the molecule is COOPCN(C)CPOOC. The second-order valence-corrected chi connectivity index (χ2v) is 3.50. The van der Waals surface area contributed by atoms with E-state index in [-0.39, 0.29) is 0 Å². The molecule has 0 saturated heterocycles. The van der Waals surface area contributed by atoms with Crippen molar-refractivity contribution in [2.24, 2.45) is 0 Å². The van der Waals surface area contributed by atoms with Gasteiger partial charge in [0.05, 0.1) is 31.8 Å². The van der Waals surface area contributed by atoms with Gasteiger partial charge in [0.15, 0.2) is 0 Å². The Morgan fingerprint density at radius 3 is 1.75 bits per heavy atom. The molecule has 7 heteroatoms. The lowest BCUT2D eigenvalue weighted by atomic mass is 11.0. The largest absolute Gasteiger partial charge is 0.294 e. The van der Waals surface area contributed by atoms with Gasteiger partial charge in [0.25, 0.3) is 0 Å². The summed E-state index contributed by atoms with van der Waals surface area (Å²) in [6.45, 7) is 0. The molecule has 0 saturated carbocycles. The van der Waals surface area contributed by atoms with E-state index in [9.17, 15) is 0 Å². The number of nitrogens with zero attached hydrogens (tertiary/aromatic N) is 1. The molecule has 0 heterocycles. The third-order valence-corrected chi connectivity index (χ3v) is 2.86. The maximum Gasteiger partial charge on any atom is 0.0716 e. The summed E-state index contributed by atoms with van der Waals surface area (Å²) in [5.41, 5.74) is 0. The molecule has 0 bridgehead atoms. The predicted molar refractivity (Wildman–Crippen MR) is 50.3 cm³/mol. The van der Waals surface area contributed by atoms with Gasteiger partial charge in [-0.15, -0.1) is 0 Å². The van der Waals surface area contributed by atoms with Gasteiger partial charge in [-0.25, -0.2) is 19.1 Å². The summed E-state index contributed by atoms with van der Waals surface area (Å²) in [7, 11) is 5.66. The number of hydrogen-bond acceptors (Lipinski definition) is 5. The molecule has 0 aliphatic carbocycles. The Balaban J connectivity index is 3.04. The topological polar surface area (TPSA) is 40.2 Å². The van der Waals surface area contributed by atoms with Crippen LogP contribution in [0.5, 0.6) is 0 Å². The molecule has 0 aliphatic rings. The molecule has 0 aromatic heterocycles. The van der Waals surface area contributed by atoms with Crippen LogP contribution in [0, 0.1) is 0 Å². The Labute approximate surface area is 76.3 Å². The quantitative estimate of drug-likeness (QED) is 0.263. The minimum absolute atomic E-state index is 0.336. The van der Waals surface area contributed by atoms with Crippen molar-refractivity contribution in [2.75, 3.05) is 33.8 Å². The summed E-state index contributed by atoms with van der Waals surface area (Å²) >= 11 is 0. The summed E-state index contributed by atoms with van der Waals surface area (Å²) in [6, 6.07) is 0. The maximum absolute atomic E-state index is 4.73. The van der Waals surface area contributed by atoms with Gasteiger partial charge in [0.1, 0.15) is 0 Å². The third-order valence-electron chi connectivity index (χ3n) is 0.953. The van der Waals surface area contributed by atoms with Crippen LogP contribution in [0.4, 0.5) is 0 Å². The van der Waals surface area contributed by atoms with Gasteiger partial charge in [0.2, 0.25) is 0 Å². The summed E-state index contributed by atoms with van der Waals surface area (Å²) in [5.74, 6) is 0. The normalized spacial score (nSPS) is 13.0. The number of hydrogen-bond donors (Lipinski definition) is 0. The van der Waals surface area contributed by atoms with E-state index >= 15 is 0 Å². The van der Waals surface area contributed by atoms with Crippen LogP contribution in [0.2, 0.25) is 0 Å². The Hall–Kier alpha value is 0.660. The van der Waals surface area contributed by atoms with E-state index in [0.29, 0.717) is 17.6 Å². The Kier molecular flexibility index (Phi) is 10.3. The average Bonchev–Trinajstić information content (AvgIpc) is 2.06. The zero-order valence-electron chi connectivity index (χ0n) is 7.49. The highest BCUT2D eigenvalue weighted by Crippen LogP contribution is 2.17. The van der Waals surface area contributed by atoms with Gasteiger partial charge in [-0.2, -0.15) is 0 Å². The summed E-state index contributed by atoms with van der Waals surface area (Å²) < 4.78 is 9.46. The van der Waals surface area contributed by atoms with E-state index in [0.717, 1.165) is 12.6 Å². The van der Waals surface area contributed by atoms with Crippen LogP contribution in [-0.4, -0.2) is 38.7 Å². The van der Waals surface area contributed by atoms with Crippen molar-refractivity contribution in [1.29, 1.82) is 0 Å². The molecule has 0 amide bonds. The van der Waals surface area contributed by atoms with Crippen molar-refractivity contribution in [3.8, 4) is 0 Å². The van der Waals surface area contributed by atoms with E-state index in [1.165, 1.54) is 14.2 Å². The summed E-state index contributed by atoms with van der Waals surface area (Å²) in [6.07, 6.45) is 1.68. The zero-order valence-corrected chi connectivity index (χ0v) is 9.49. The van der Waals surface area contributed by atoms with Gasteiger partial charge in [0, 0.05) is 12.6 Å². The van der Waals surface area contributed by atoms with Crippen molar-refractivity contribution in [3.63, 3.8) is 0 Å². The molecule has 2 atom stereocenters. The van der Waals surface area contributed by atoms with Gasteiger partial charge < -0.3 is 0 Å². The molecule has 0 aliphatic heterocycles. The molecule has 12 heavy (non-hydrogen) atoms. The zero-order chi connectivity index (χ0) is 9.23. The molecule has 0 N–H and O–H groups in total. The first kappa shape index (κ1) is 12.7. The van der Waals surface area contributed by atoms with Crippen LogP contribution in [0.3, 0.4) is 0 Å². The lowest BCUT2D eigenvalue weighted by molar-refractivity contribution is -0.167. The van der Waals surface area contributed by atoms with E-state index < -0.39 is 0 Å². The highest BCUT2D eigenvalue weighted by atomic mass is 31.1. The minimum atomic E-state index is 0.336. The monoisotopic (exact) mass is 215 g/mol. The average molecular weight is 215 g/mol. The minimum Gasteiger partial charge on any atom is -0.294 e. The van der Waals surface area contributed by atoms with Crippen molar-refractivity contribution < 1.29 is 19.1 Å². The Bertz CT molecular complexity index is 87.5. The van der Waals surface area contributed by atoms with Crippen LogP contribution in [0.15, 0.2) is 0 Å². The van der Waals surface area contributed by atoms with Gasteiger partial charge >= 0.3 is 0 Å².